The molecule has 4 heterocycles. The number of hydrogen-bond donors (Lipinski definition) is 3. The molecule has 158 valence electrons. The van der Waals surface area contributed by atoms with Crippen molar-refractivity contribution in [2.75, 3.05) is 41.8 Å². The maximum atomic E-state index is 12.2. The third-order valence-electron chi connectivity index (χ3n) is 5.30. The number of carbonyl (C=O) groups excluding carboxylic acids is 1. The summed E-state index contributed by atoms with van der Waals surface area (Å²) in [6.45, 7) is 4.62. The highest BCUT2D eigenvalue weighted by atomic mass is 16.5. The highest BCUT2D eigenvalue weighted by Gasteiger charge is 2.24. The molecule has 1 aromatic carbocycles. The molecule has 0 unspecified atom stereocenters. The molecule has 1 saturated heterocycles. The van der Waals surface area contributed by atoms with Gasteiger partial charge in [-0.3, -0.25) is 4.98 Å². The van der Waals surface area contributed by atoms with Crippen LogP contribution in [0.25, 0.3) is 11.4 Å². The predicted octanol–water partition coefficient (Wildman–Crippen LogP) is 2.62. The average Bonchev–Trinajstić information content (AvgIpc) is 3.29. The molecule has 2 aromatic heterocycles. The summed E-state index contributed by atoms with van der Waals surface area (Å²) in [5, 5.41) is 8.95. The molecule has 1 fully saturated rings. The average molecular weight is 417 g/mol. The zero-order chi connectivity index (χ0) is 21.0. The molecule has 2 aliphatic rings. The Morgan fingerprint density at radius 2 is 1.81 bits per heavy atom. The van der Waals surface area contributed by atoms with Gasteiger partial charge in [0.25, 0.3) is 0 Å². The van der Waals surface area contributed by atoms with Crippen molar-refractivity contribution < 1.29 is 9.53 Å². The first kappa shape index (κ1) is 19.4. The molecule has 0 spiro atoms. The number of morpholine rings is 1. The molecule has 3 N–H and O–H groups in total. The number of urea groups is 1. The maximum absolute atomic E-state index is 12.2. The van der Waals surface area contributed by atoms with Gasteiger partial charge in [-0.15, -0.1) is 0 Å². The summed E-state index contributed by atoms with van der Waals surface area (Å²) in [5.41, 5.74) is 4.44. The van der Waals surface area contributed by atoms with E-state index in [9.17, 15) is 4.79 Å². The molecule has 5 rings (SSSR count). The number of amides is 2. The fraction of sp³-hybridized carbons (Fsp3) is 0.273. The Kier molecular flexibility index (Phi) is 5.42. The van der Waals surface area contributed by atoms with Gasteiger partial charge >= 0.3 is 6.03 Å². The van der Waals surface area contributed by atoms with Gasteiger partial charge in [0.1, 0.15) is 5.82 Å². The van der Waals surface area contributed by atoms with Gasteiger partial charge in [-0.25, -0.2) is 14.8 Å². The summed E-state index contributed by atoms with van der Waals surface area (Å²) in [5.74, 6) is 1.68. The van der Waals surface area contributed by atoms with Crippen molar-refractivity contribution in [1.82, 2.24) is 20.3 Å². The lowest BCUT2D eigenvalue weighted by atomic mass is 10.1. The molecule has 0 atom stereocenters. The van der Waals surface area contributed by atoms with E-state index in [0.717, 1.165) is 43.3 Å². The van der Waals surface area contributed by atoms with E-state index in [1.807, 2.05) is 24.3 Å². The number of benzene rings is 1. The molecule has 9 heteroatoms. The van der Waals surface area contributed by atoms with E-state index < -0.39 is 0 Å². The van der Waals surface area contributed by atoms with Crippen molar-refractivity contribution in [3.05, 3.63) is 60.0 Å². The van der Waals surface area contributed by atoms with Gasteiger partial charge in [-0.1, -0.05) is 0 Å². The van der Waals surface area contributed by atoms with Crippen molar-refractivity contribution in [3.63, 3.8) is 0 Å². The number of nitrogens with one attached hydrogen (secondary N) is 3. The van der Waals surface area contributed by atoms with Crippen LogP contribution in [0.2, 0.25) is 0 Å². The number of rotatable bonds is 4. The molecule has 0 aliphatic carbocycles. The van der Waals surface area contributed by atoms with E-state index in [1.54, 1.807) is 24.5 Å². The number of aromatic nitrogens is 3. The quantitative estimate of drug-likeness (QED) is 0.599. The summed E-state index contributed by atoms with van der Waals surface area (Å²) in [7, 11) is 0. The predicted molar refractivity (Wildman–Crippen MR) is 118 cm³/mol. The molecule has 0 saturated carbocycles. The van der Waals surface area contributed by atoms with Crippen LogP contribution in [0.15, 0.2) is 48.8 Å². The Morgan fingerprint density at radius 1 is 1.00 bits per heavy atom. The number of nitrogens with zero attached hydrogens (tertiary/aromatic N) is 4. The number of ether oxygens (including phenoxy) is 1. The van der Waals surface area contributed by atoms with Crippen LogP contribution in [0.1, 0.15) is 11.3 Å². The van der Waals surface area contributed by atoms with Crippen LogP contribution in [-0.4, -0.2) is 47.3 Å². The van der Waals surface area contributed by atoms with Crippen LogP contribution in [-0.2, 0) is 17.8 Å². The minimum Gasteiger partial charge on any atom is -0.378 e. The topological polar surface area (TPSA) is 104 Å². The van der Waals surface area contributed by atoms with Gasteiger partial charge in [0, 0.05) is 49.2 Å². The van der Waals surface area contributed by atoms with Crippen molar-refractivity contribution in [2.24, 2.45) is 0 Å². The second kappa shape index (κ2) is 8.66. The molecule has 2 amide bonds. The molecular formula is C22H23N7O2. The lowest BCUT2D eigenvalue weighted by Gasteiger charge is -2.29. The summed E-state index contributed by atoms with van der Waals surface area (Å²) in [4.78, 5) is 28.1. The third kappa shape index (κ3) is 4.32. The SMILES string of the molecule is O=C(Nc1ccc(-c2nc3c(c(N4CCOCC4)n2)CNC3)cc1)Nc1cccnc1. The number of carbonyl (C=O) groups is 1. The third-order valence-corrected chi connectivity index (χ3v) is 5.30. The summed E-state index contributed by atoms with van der Waals surface area (Å²) >= 11 is 0. The second-order valence-electron chi connectivity index (χ2n) is 7.40. The Labute approximate surface area is 179 Å². The summed E-state index contributed by atoms with van der Waals surface area (Å²) < 4.78 is 5.49. The highest BCUT2D eigenvalue weighted by molar-refractivity contribution is 5.99. The first-order valence-electron chi connectivity index (χ1n) is 10.3. The largest absolute Gasteiger partial charge is 0.378 e. The van der Waals surface area contributed by atoms with Gasteiger partial charge in [0.15, 0.2) is 5.82 Å². The van der Waals surface area contributed by atoms with Crippen molar-refractivity contribution >= 4 is 23.2 Å². The first-order valence-corrected chi connectivity index (χ1v) is 10.3. The second-order valence-corrected chi connectivity index (χ2v) is 7.40. The minimum atomic E-state index is -0.324. The summed E-state index contributed by atoms with van der Waals surface area (Å²) in [6, 6.07) is 10.8. The zero-order valence-electron chi connectivity index (χ0n) is 17.0. The fourth-order valence-electron chi connectivity index (χ4n) is 3.75. The van der Waals surface area contributed by atoms with Crippen LogP contribution < -0.4 is 20.9 Å². The Balaban J connectivity index is 1.34. The fourth-order valence-corrected chi connectivity index (χ4v) is 3.75. The van der Waals surface area contributed by atoms with Crippen LogP contribution in [0.5, 0.6) is 0 Å². The summed E-state index contributed by atoms with van der Waals surface area (Å²) in [6.07, 6.45) is 3.25. The lowest BCUT2D eigenvalue weighted by molar-refractivity contribution is 0.122. The minimum absolute atomic E-state index is 0.324. The normalized spacial score (nSPS) is 15.4. The van der Waals surface area contributed by atoms with Gasteiger partial charge in [0.05, 0.1) is 30.8 Å². The number of pyridine rings is 1. The van der Waals surface area contributed by atoms with Crippen LogP contribution in [0, 0.1) is 0 Å². The highest BCUT2D eigenvalue weighted by Crippen LogP contribution is 2.29. The lowest BCUT2D eigenvalue weighted by Crippen LogP contribution is -2.37. The smallest absolute Gasteiger partial charge is 0.323 e. The molecule has 0 bridgehead atoms. The van der Waals surface area contributed by atoms with Gasteiger partial charge in [-0.05, 0) is 36.4 Å². The molecule has 2 aliphatic heterocycles. The van der Waals surface area contributed by atoms with E-state index >= 15 is 0 Å². The van der Waals surface area contributed by atoms with Crippen LogP contribution >= 0.6 is 0 Å². The molecule has 3 aromatic rings. The zero-order valence-corrected chi connectivity index (χ0v) is 17.0. The van der Waals surface area contributed by atoms with Gasteiger partial charge in [-0.2, -0.15) is 0 Å². The molecule has 0 radical (unpaired) electrons. The maximum Gasteiger partial charge on any atom is 0.323 e. The number of fused-ring (bicyclic) bond motifs is 1. The molecule has 31 heavy (non-hydrogen) atoms. The monoisotopic (exact) mass is 417 g/mol. The molecule has 9 nitrogen and oxygen atoms in total. The number of anilines is 3. The van der Waals surface area contributed by atoms with Crippen molar-refractivity contribution in [3.8, 4) is 11.4 Å². The van der Waals surface area contributed by atoms with E-state index in [-0.39, 0.29) is 6.03 Å². The van der Waals surface area contributed by atoms with Crippen LogP contribution in [0.4, 0.5) is 22.0 Å². The number of hydrogen-bond acceptors (Lipinski definition) is 7. The van der Waals surface area contributed by atoms with Crippen LogP contribution in [0.3, 0.4) is 0 Å². The van der Waals surface area contributed by atoms with Gasteiger partial charge < -0.3 is 25.6 Å². The molecular weight excluding hydrogens is 394 g/mol. The Hall–Kier alpha value is -3.56. The van der Waals surface area contributed by atoms with E-state index in [1.165, 1.54) is 5.56 Å². The van der Waals surface area contributed by atoms with Crippen molar-refractivity contribution in [2.45, 2.75) is 13.1 Å². The van der Waals surface area contributed by atoms with E-state index in [2.05, 4.69) is 25.8 Å². The standard InChI is InChI=1S/C22H23N7O2/c30-22(26-17-2-1-7-23-12-17)25-16-5-3-15(4-6-16)20-27-19-14-24-13-18(19)21(28-20)29-8-10-31-11-9-29/h1-7,12,24H,8-11,13-14H2,(H2,25,26,30). The first-order chi connectivity index (χ1) is 15.3. The van der Waals surface area contributed by atoms with E-state index in [0.29, 0.717) is 30.4 Å². The van der Waals surface area contributed by atoms with Crippen molar-refractivity contribution in [1.29, 1.82) is 0 Å². The van der Waals surface area contributed by atoms with Gasteiger partial charge in [0.2, 0.25) is 0 Å². The Bertz CT molecular complexity index is 1070. The van der Waals surface area contributed by atoms with E-state index in [4.69, 9.17) is 14.7 Å². The Morgan fingerprint density at radius 3 is 2.58 bits per heavy atom.